The van der Waals surface area contributed by atoms with E-state index in [1.54, 1.807) is 18.4 Å². The minimum absolute atomic E-state index is 0.586. The fraction of sp³-hybridized carbons (Fsp3) is 0.643. The van der Waals surface area contributed by atoms with Crippen LogP contribution >= 0.6 is 11.3 Å². The van der Waals surface area contributed by atoms with Crippen LogP contribution in [-0.4, -0.2) is 65.1 Å². The summed E-state index contributed by atoms with van der Waals surface area (Å²) < 4.78 is 7.28. The second-order valence-corrected chi connectivity index (χ2v) is 6.31. The maximum absolute atomic E-state index is 5.17. The van der Waals surface area contributed by atoms with Gasteiger partial charge in [0, 0.05) is 63.6 Å². The summed E-state index contributed by atoms with van der Waals surface area (Å²) >= 11 is 1.69. The molecule has 1 aliphatic heterocycles. The molecule has 0 saturated carbocycles. The number of nitrogens with zero attached hydrogens (tertiary/aromatic N) is 4. The molecule has 1 atom stereocenters. The summed E-state index contributed by atoms with van der Waals surface area (Å²) in [6.07, 6.45) is 4.22. The first-order valence-electron chi connectivity index (χ1n) is 7.12. The lowest BCUT2D eigenvalue weighted by Crippen LogP contribution is -2.52. The molecule has 1 fully saturated rings. The number of rotatable bonds is 5. The number of aromatic nitrogens is 2. The van der Waals surface area contributed by atoms with Crippen molar-refractivity contribution in [1.82, 2.24) is 19.2 Å². The number of imidazole rings is 1. The Bertz CT molecular complexity index is 524. The van der Waals surface area contributed by atoms with Gasteiger partial charge < -0.3 is 4.74 Å². The molecule has 110 valence electrons. The molecular weight excluding hydrogens is 272 g/mol. The molecule has 2 aromatic rings. The van der Waals surface area contributed by atoms with Gasteiger partial charge in [-0.3, -0.25) is 14.2 Å². The van der Waals surface area contributed by atoms with E-state index in [9.17, 15) is 0 Å². The largest absolute Gasteiger partial charge is 0.383 e. The summed E-state index contributed by atoms with van der Waals surface area (Å²) in [5.41, 5.74) is 1.18. The molecule has 1 unspecified atom stereocenters. The monoisotopic (exact) mass is 294 g/mol. The first-order valence-corrected chi connectivity index (χ1v) is 8.00. The van der Waals surface area contributed by atoms with Crippen LogP contribution in [0, 0.1) is 0 Å². The summed E-state index contributed by atoms with van der Waals surface area (Å²) in [6.45, 7) is 8.44. The van der Waals surface area contributed by atoms with Crippen molar-refractivity contribution in [1.29, 1.82) is 0 Å². The van der Waals surface area contributed by atoms with E-state index < -0.39 is 0 Å². The molecule has 0 N–H and O–H groups in total. The first kappa shape index (κ1) is 14.0. The van der Waals surface area contributed by atoms with Crippen molar-refractivity contribution in [2.75, 3.05) is 39.9 Å². The van der Waals surface area contributed by atoms with Crippen LogP contribution < -0.4 is 0 Å². The van der Waals surface area contributed by atoms with Crippen molar-refractivity contribution in [3.8, 4) is 0 Å². The van der Waals surface area contributed by atoms with Crippen LogP contribution in [0.15, 0.2) is 17.8 Å². The Morgan fingerprint density at radius 1 is 1.45 bits per heavy atom. The summed E-state index contributed by atoms with van der Waals surface area (Å²) in [5.74, 6) is 0. The molecular formula is C14H22N4OS. The third-order valence-electron chi connectivity index (χ3n) is 3.96. The lowest BCUT2D eigenvalue weighted by Gasteiger charge is -2.39. The van der Waals surface area contributed by atoms with Crippen LogP contribution in [0.5, 0.6) is 0 Å². The highest BCUT2D eigenvalue weighted by atomic mass is 32.1. The molecule has 0 amide bonds. The van der Waals surface area contributed by atoms with E-state index in [0.29, 0.717) is 6.04 Å². The minimum atomic E-state index is 0.586. The molecule has 1 saturated heterocycles. The van der Waals surface area contributed by atoms with E-state index in [0.717, 1.165) is 44.3 Å². The number of methoxy groups -OCH3 is 1. The van der Waals surface area contributed by atoms with Crippen LogP contribution in [0.2, 0.25) is 0 Å². The average Bonchev–Trinajstić information content (AvgIpc) is 2.98. The summed E-state index contributed by atoms with van der Waals surface area (Å²) in [6, 6.07) is 0.586. The Labute approximate surface area is 123 Å². The maximum atomic E-state index is 5.17. The standard InChI is InChI=1S/C14H22N4OS/c1-12-9-16(3-4-17(12)5-7-19-2)10-13-11-18-6-8-20-14(18)15-13/h6,8,11-12H,3-5,7,9-10H2,1-2H3. The molecule has 1 aliphatic rings. The van der Waals surface area contributed by atoms with Crippen LogP contribution in [-0.2, 0) is 11.3 Å². The van der Waals surface area contributed by atoms with Gasteiger partial charge in [0.05, 0.1) is 12.3 Å². The fourth-order valence-corrected chi connectivity index (χ4v) is 3.56. The van der Waals surface area contributed by atoms with Crippen LogP contribution in [0.1, 0.15) is 12.6 Å². The van der Waals surface area contributed by atoms with Crippen LogP contribution in [0.4, 0.5) is 0 Å². The summed E-state index contributed by atoms with van der Waals surface area (Å²) in [7, 11) is 1.77. The smallest absolute Gasteiger partial charge is 0.193 e. The van der Waals surface area contributed by atoms with E-state index in [1.807, 2.05) is 0 Å². The SMILES string of the molecule is COCCN1CCN(Cc2cn3ccsc3n2)CC1C. The second-order valence-electron chi connectivity index (χ2n) is 5.44. The van der Waals surface area contributed by atoms with E-state index in [2.05, 4.69) is 43.9 Å². The van der Waals surface area contributed by atoms with Crippen molar-refractivity contribution in [3.05, 3.63) is 23.5 Å². The third kappa shape index (κ3) is 3.03. The average molecular weight is 294 g/mol. The van der Waals surface area contributed by atoms with Gasteiger partial charge in [0.2, 0.25) is 0 Å². The third-order valence-corrected chi connectivity index (χ3v) is 4.73. The number of ether oxygens (including phenoxy) is 1. The molecule has 3 heterocycles. The van der Waals surface area contributed by atoms with Crippen molar-refractivity contribution in [3.63, 3.8) is 0 Å². The number of hydrogen-bond donors (Lipinski definition) is 0. The zero-order valence-corrected chi connectivity index (χ0v) is 13.0. The van der Waals surface area contributed by atoms with Gasteiger partial charge in [-0.25, -0.2) is 4.98 Å². The van der Waals surface area contributed by atoms with Crippen molar-refractivity contribution >= 4 is 16.3 Å². The van der Waals surface area contributed by atoms with Gasteiger partial charge in [0.15, 0.2) is 4.96 Å². The molecule has 0 aromatic carbocycles. The van der Waals surface area contributed by atoms with E-state index >= 15 is 0 Å². The predicted molar refractivity (Wildman–Crippen MR) is 81.3 cm³/mol. The Balaban J connectivity index is 1.55. The zero-order valence-electron chi connectivity index (χ0n) is 12.2. The minimum Gasteiger partial charge on any atom is -0.383 e. The highest BCUT2D eigenvalue weighted by molar-refractivity contribution is 7.15. The van der Waals surface area contributed by atoms with Crippen molar-refractivity contribution < 1.29 is 4.74 Å². The van der Waals surface area contributed by atoms with Gasteiger partial charge in [-0.05, 0) is 6.92 Å². The highest BCUT2D eigenvalue weighted by Crippen LogP contribution is 2.15. The van der Waals surface area contributed by atoms with Gasteiger partial charge in [-0.2, -0.15) is 0 Å². The number of piperazine rings is 1. The molecule has 0 radical (unpaired) electrons. The fourth-order valence-electron chi connectivity index (χ4n) is 2.84. The second kappa shape index (κ2) is 6.22. The molecule has 0 bridgehead atoms. The maximum Gasteiger partial charge on any atom is 0.193 e. The predicted octanol–water partition coefficient (Wildman–Crippen LogP) is 1.55. The van der Waals surface area contributed by atoms with Gasteiger partial charge in [-0.15, -0.1) is 11.3 Å². The molecule has 2 aromatic heterocycles. The normalized spacial score (nSPS) is 21.8. The van der Waals surface area contributed by atoms with E-state index in [4.69, 9.17) is 4.74 Å². The number of thiazole rings is 1. The van der Waals surface area contributed by atoms with Gasteiger partial charge in [-0.1, -0.05) is 0 Å². The lowest BCUT2D eigenvalue weighted by molar-refractivity contribution is 0.0553. The molecule has 20 heavy (non-hydrogen) atoms. The Kier molecular flexibility index (Phi) is 4.35. The van der Waals surface area contributed by atoms with Crippen LogP contribution in [0.25, 0.3) is 4.96 Å². The Morgan fingerprint density at radius 3 is 3.10 bits per heavy atom. The van der Waals surface area contributed by atoms with Crippen LogP contribution in [0.3, 0.4) is 0 Å². The quantitative estimate of drug-likeness (QED) is 0.838. The molecule has 0 spiro atoms. The molecule has 5 nitrogen and oxygen atoms in total. The lowest BCUT2D eigenvalue weighted by atomic mass is 10.2. The van der Waals surface area contributed by atoms with Crippen molar-refractivity contribution in [2.45, 2.75) is 19.5 Å². The van der Waals surface area contributed by atoms with Gasteiger partial charge in [0.1, 0.15) is 0 Å². The molecule has 0 aliphatic carbocycles. The van der Waals surface area contributed by atoms with Gasteiger partial charge in [0.25, 0.3) is 0 Å². The number of fused-ring (bicyclic) bond motifs is 1. The van der Waals surface area contributed by atoms with Crippen molar-refractivity contribution in [2.24, 2.45) is 0 Å². The van der Waals surface area contributed by atoms with Gasteiger partial charge >= 0.3 is 0 Å². The zero-order chi connectivity index (χ0) is 13.9. The molecule has 6 heteroatoms. The number of hydrogen-bond acceptors (Lipinski definition) is 5. The molecule has 3 rings (SSSR count). The summed E-state index contributed by atoms with van der Waals surface area (Å²) in [4.78, 5) is 10.8. The summed E-state index contributed by atoms with van der Waals surface area (Å²) in [5, 5.41) is 2.07. The Hall–Kier alpha value is -0.950. The highest BCUT2D eigenvalue weighted by Gasteiger charge is 2.23. The first-order chi connectivity index (χ1) is 9.76. The Morgan fingerprint density at radius 2 is 2.35 bits per heavy atom. The van der Waals surface area contributed by atoms with E-state index in [-0.39, 0.29) is 0 Å². The van der Waals surface area contributed by atoms with E-state index in [1.165, 1.54) is 5.69 Å². The topological polar surface area (TPSA) is 33.0 Å².